The van der Waals surface area contributed by atoms with Crippen molar-refractivity contribution in [2.24, 2.45) is 0 Å². The maximum Gasteiger partial charge on any atom is 0.230 e. The highest BCUT2D eigenvalue weighted by Gasteiger charge is 2.15. The Hall–Kier alpha value is -2.59. The molecular weight excluding hydrogens is 286 g/mol. The molecule has 0 aliphatic carbocycles. The Morgan fingerprint density at radius 3 is 2.10 bits per heavy atom. The van der Waals surface area contributed by atoms with E-state index in [1.807, 2.05) is 36.4 Å². The molecule has 2 aromatic carbocycles. The Balaban J connectivity index is 2.05. The third-order valence-electron chi connectivity index (χ3n) is 2.88. The second-order valence-corrected chi connectivity index (χ2v) is 4.65. The van der Waals surface area contributed by atoms with Gasteiger partial charge in [0, 0.05) is 11.1 Å². The number of ketones is 1. The molecule has 0 radical (unpaired) electrons. The minimum atomic E-state index is -0.280. The minimum absolute atomic E-state index is 0.00290. The summed E-state index contributed by atoms with van der Waals surface area (Å²) in [5.41, 5.74) is 1.29. The Kier molecular flexibility index (Phi) is 3.71. The van der Waals surface area contributed by atoms with Crippen molar-refractivity contribution < 1.29 is 4.79 Å². The van der Waals surface area contributed by atoms with E-state index in [1.165, 1.54) is 0 Å². The fraction of sp³-hybridized carbons (Fsp3) is 0. The van der Waals surface area contributed by atoms with Gasteiger partial charge in [-0.2, -0.15) is 9.97 Å². The average Bonchev–Trinajstić information content (AvgIpc) is 2.55. The average molecular weight is 296 g/mol. The lowest BCUT2D eigenvalue weighted by Crippen LogP contribution is -2.09. The van der Waals surface area contributed by atoms with Crippen molar-refractivity contribution in [3.8, 4) is 11.4 Å². The predicted octanol–water partition coefficient (Wildman–Crippen LogP) is 3.42. The maximum atomic E-state index is 12.4. The van der Waals surface area contributed by atoms with Crippen molar-refractivity contribution in [1.82, 2.24) is 15.0 Å². The number of nitrogens with zero attached hydrogens (tertiary/aromatic N) is 3. The molecular formula is C16H10ClN3O. The second-order valence-electron chi connectivity index (χ2n) is 4.31. The van der Waals surface area contributed by atoms with Crippen LogP contribution in [0.3, 0.4) is 0 Å². The van der Waals surface area contributed by atoms with Gasteiger partial charge in [-0.15, -0.1) is 0 Å². The predicted molar refractivity (Wildman–Crippen MR) is 80.1 cm³/mol. The summed E-state index contributed by atoms with van der Waals surface area (Å²) in [7, 11) is 0. The molecule has 0 amide bonds. The highest BCUT2D eigenvalue weighted by molar-refractivity contribution is 6.28. The molecule has 1 heterocycles. The normalized spacial score (nSPS) is 10.3. The number of aromatic nitrogens is 3. The lowest BCUT2D eigenvalue weighted by Gasteiger charge is -2.04. The summed E-state index contributed by atoms with van der Waals surface area (Å²) < 4.78 is 0. The zero-order valence-electron chi connectivity index (χ0n) is 10.9. The first-order valence-electron chi connectivity index (χ1n) is 6.31. The number of rotatable bonds is 3. The first-order valence-corrected chi connectivity index (χ1v) is 6.68. The Morgan fingerprint density at radius 2 is 1.43 bits per heavy atom. The van der Waals surface area contributed by atoms with Crippen LogP contribution in [0, 0.1) is 0 Å². The molecule has 0 spiro atoms. The molecule has 4 nitrogen and oxygen atoms in total. The van der Waals surface area contributed by atoms with Gasteiger partial charge in [0.15, 0.2) is 5.82 Å². The van der Waals surface area contributed by atoms with Crippen molar-refractivity contribution >= 4 is 17.4 Å². The van der Waals surface area contributed by atoms with Gasteiger partial charge in [0.2, 0.25) is 16.9 Å². The number of hydrogen-bond acceptors (Lipinski definition) is 4. The van der Waals surface area contributed by atoms with E-state index in [0.29, 0.717) is 11.4 Å². The summed E-state index contributed by atoms with van der Waals surface area (Å²) in [6.07, 6.45) is 0. The molecule has 0 aliphatic heterocycles. The summed E-state index contributed by atoms with van der Waals surface area (Å²) in [6, 6.07) is 18.2. The molecule has 0 fully saturated rings. The molecule has 0 aliphatic rings. The van der Waals surface area contributed by atoms with E-state index >= 15 is 0 Å². The number of carbonyl (C=O) groups is 1. The van der Waals surface area contributed by atoms with Crippen LogP contribution in [0.25, 0.3) is 11.4 Å². The fourth-order valence-corrected chi connectivity index (χ4v) is 2.05. The van der Waals surface area contributed by atoms with Crippen LogP contribution in [0.15, 0.2) is 60.7 Å². The van der Waals surface area contributed by atoms with Gasteiger partial charge < -0.3 is 0 Å². The van der Waals surface area contributed by atoms with Crippen molar-refractivity contribution in [1.29, 1.82) is 0 Å². The van der Waals surface area contributed by atoms with Crippen LogP contribution in [-0.4, -0.2) is 20.7 Å². The van der Waals surface area contributed by atoms with E-state index < -0.39 is 0 Å². The van der Waals surface area contributed by atoms with Crippen LogP contribution in [0.2, 0.25) is 5.28 Å². The summed E-state index contributed by atoms with van der Waals surface area (Å²) in [6.45, 7) is 0. The van der Waals surface area contributed by atoms with Crippen LogP contribution in [0.5, 0.6) is 0 Å². The van der Waals surface area contributed by atoms with Crippen LogP contribution in [0.1, 0.15) is 16.2 Å². The van der Waals surface area contributed by atoms with Crippen LogP contribution >= 0.6 is 11.6 Å². The molecule has 0 bridgehead atoms. The lowest BCUT2D eigenvalue weighted by atomic mass is 10.1. The third-order valence-corrected chi connectivity index (χ3v) is 3.05. The Morgan fingerprint density at radius 1 is 0.810 bits per heavy atom. The largest absolute Gasteiger partial charge is 0.285 e. The molecule has 21 heavy (non-hydrogen) atoms. The molecule has 3 rings (SSSR count). The Bertz CT molecular complexity index is 776. The highest BCUT2D eigenvalue weighted by atomic mass is 35.5. The lowest BCUT2D eigenvalue weighted by molar-refractivity contribution is 0.102. The SMILES string of the molecule is O=C(c1ccccc1)c1nc(Cl)nc(-c2ccccc2)n1. The number of benzene rings is 2. The zero-order chi connectivity index (χ0) is 14.7. The molecule has 0 atom stereocenters. The molecule has 0 saturated carbocycles. The molecule has 5 heteroatoms. The third kappa shape index (κ3) is 2.95. The van der Waals surface area contributed by atoms with Crippen molar-refractivity contribution in [3.05, 3.63) is 77.3 Å². The van der Waals surface area contributed by atoms with Crippen LogP contribution < -0.4 is 0 Å². The number of hydrogen-bond donors (Lipinski definition) is 0. The molecule has 1 aromatic heterocycles. The van der Waals surface area contributed by atoms with Crippen molar-refractivity contribution in [3.63, 3.8) is 0 Å². The molecule has 3 aromatic rings. The van der Waals surface area contributed by atoms with Gasteiger partial charge in [0.1, 0.15) is 0 Å². The minimum Gasteiger partial charge on any atom is -0.285 e. The summed E-state index contributed by atoms with van der Waals surface area (Å²) >= 11 is 5.92. The van der Waals surface area contributed by atoms with Crippen LogP contribution in [-0.2, 0) is 0 Å². The van der Waals surface area contributed by atoms with E-state index in [4.69, 9.17) is 11.6 Å². The van der Waals surface area contributed by atoms with Crippen molar-refractivity contribution in [2.45, 2.75) is 0 Å². The fourth-order valence-electron chi connectivity index (χ4n) is 1.89. The standard InChI is InChI=1S/C16H10ClN3O/c17-16-19-14(12-9-5-2-6-10-12)18-15(20-16)13(21)11-7-3-1-4-8-11/h1-10H. The molecule has 0 N–H and O–H groups in total. The van der Waals surface area contributed by atoms with E-state index in [9.17, 15) is 4.79 Å². The van der Waals surface area contributed by atoms with E-state index in [2.05, 4.69) is 15.0 Å². The van der Waals surface area contributed by atoms with Gasteiger partial charge in [0.05, 0.1) is 0 Å². The van der Waals surface area contributed by atoms with Gasteiger partial charge in [-0.3, -0.25) is 4.79 Å². The van der Waals surface area contributed by atoms with Gasteiger partial charge in [-0.05, 0) is 11.6 Å². The van der Waals surface area contributed by atoms with Gasteiger partial charge >= 0.3 is 0 Å². The second kappa shape index (κ2) is 5.81. The summed E-state index contributed by atoms with van der Waals surface area (Å²) in [5.74, 6) is 0.145. The molecule has 0 saturated heterocycles. The maximum absolute atomic E-state index is 12.4. The monoisotopic (exact) mass is 295 g/mol. The van der Waals surface area contributed by atoms with Gasteiger partial charge in [-0.1, -0.05) is 60.7 Å². The number of carbonyl (C=O) groups excluding carboxylic acids is 1. The number of halogens is 1. The molecule has 102 valence electrons. The first-order chi connectivity index (χ1) is 10.2. The van der Waals surface area contributed by atoms with Gasteiger partial charge in [0.25, 0.3) is 0 Å². The highest BCUT2D eigenvalue weighted by Crippen LogP contribution is 2.17. The summed E-state index contributed by atoms with van der Waals surface area (Å²) in [4.78, 5) is 24.6. The Labute approximate surface area is 126 Å². The smallest absolute Gasteiger partial charge is 0.230 e. The first kappa shape index (κ1) is 13.4. The zero-order valence-corrected chi connectivity index (χ0v) is 11.7. The topological polar surface area (TPSA) is 55.7 Å². The molecule has 0 unspecified atom stereocenters. The van der Waals surface area contributed by atoms with E-state index in [-0.39, 0.29) is 16.9 Å². The summed E-state index contributed by atoms with van der Waals surface area (Å²) in [5, 5.41) is 0.00290. The van der Waals surface area contributed by atoms with Gasteiger partial charge in [-0.25, -0.2) is 4.98 Å². The van der Waals surface area contributed by atoms with E-state index in [1.54, 1.807) is 24.3 Å². The quantitative estimate of drug-likeness (QED) is 0.695. The van der Waals surface area contributed by atoms with E-state index in [0.717, 1.165) is 5.56 Å². The van der Waals surface area contributed by atoms with Crippen LogP contribution in [0.4, 0.5) is 0 Å². The van der Waals surface area contributed by atoms with Crippen molar-refractivity contribution in [2.75, 3.05) is 0 Å².